The Kier molecular flexibility index (Phi) is 10.0. The normalized spacial score (nSPS) is 18.1. The SMILES string of the molecule is CCNC(=NCc1cccc(COCCOCC)c1)N1CCC2(CCC2)C1.I. The van der Waals surface area contributed by atoms with E-state index < -0.39 is 0 Å². The molecule has 3 rings (SSSR count). The lowest BCUT2D eigenvalue weighted by Crippen LogP contribution is -2.42. The highest BCUT2D eigenvalue weighted by Crippen LogP contribution is 2.47. The molecule has 0 bridgehead atoms. The third kappa shape index (κ3) is 6.59. The van der Waals surface area contributed by atoms with Gasteiger partial charge in [0.05, 0.1) is 26.4 Å². The molecule has 0 atom stereocenters. The van der Waals surface area contributed by atoms with Gasteiger partial charge in [-0.1, -0.05) is 30.7 Å². The predicted octanol–water partition coefficient (Wildman–Crippen LogP) is 4.20. The summed E-state index contributed by atoms with van der Waals surface area (Å²) in [4.78, 5) is 7.38. The zero-order valence-corrected chi connectivity index (χ0v) is 19.7. The van der Waals surface area contributed by atoms with Crippen LogP contribution < -0.4 is 5.32 Å². The van der Waals surface area contributed by atoms with E-state index >= 15 is 0 Å². The van der Waals surface area contributed by atoms with Crippen molar-refractivity contribution in [3.63, 3.8) is 0 Å². The number of nitrogens with zero attached hydrogens (tertiary/aromatic N) is 2. The minimum Gasteiger partial charge on any atom is -0.379 e. The standard InChI is InChI=1S/C22H35N3O2.HI/c1-3-23-21(25-12-11-22(18-25)9-6-10-22)24-16-19-7-5-8-20(15-19)17-27-14-13-26-4-2;/h5,7-8,15H,3-4,6,9-14,16-18H2,1-2H3,(H,23,24);1H. The van der Waals surface area contributed by atoms with Crippen molar-refractivity contribution in [2.75, 3.05) is 39.5 Å². The summed E-state index contributed by atoms with van der Waals surface area (Å²) in [5, 5.41) is 3.49. The highest BCUT2D eigenvalue weighted by atomic mass is 127. The highest BCUT2D eigenvalue weighted by Gasteiger charge is 2.43. The molecule has 1 saturated carbocycles. The van der Waals surface area contributed by atoms with E-state index in [-0.39, 0.29) is 24.0 Å². The second-order valence-corrected chi connectivity index (χ2v) is 7.76. The van der Waals surface area contributed by atoms with Gasteiger partial charge in [0, 0.05) is 26.2 Å². The first-order valence-electron chi connectivity index (χ1n) is 10.5. The van der Waals surface area contributed by atoms with Gasteiger partial charge in [-0.3, -0.25) is 0 Å². The van der Waals surface area contributed by atoms with Gasteiger partial charge in [-0.15, -0.1) is 24.0 Å². The van der Waals surface area contributed by atoms with Gasteiger partial charge in [0.15, 0.2) is 5.96 Å². The first-order chi connectivity index (χ1) is 13.2. The van der Waals surface area contributed by atoms with Crippen molar-refractivity contribution >= 4 is 29.9 Å². The molecule has 158 valence electrons. The van der Waals surface area contributed by atoms with Crippen LogP contribution >= 0.6 is 24.0 Å². The lowest BCUT2D eigenvalue weighted by atomic mass is 9.68. The third-order valence-corrected chi connectivity index (χ3v) is 5.73. The van der Waals surface area contributed by atoms with Crippen molar-refractivity contribution in [1.29, 1.82) is 0 Å². The molecule has 1 spiro atoms. The number of rotatable bonds is 9. The lowest BCUT2D eigenvalue weighted by Gasteiger charge is -2.38. The molecule has 0 amide bonds. The Labute approximate surface area is 187 Å². The van der Waals surface area contributed by atoms with E-state index in [4.69, 9.17) is 14.5 Å². The number of guanidine groups is 1. The predicted molar refractivity (Wildman–Crippen MR) is 125 cm³/mol. The maximum absolute atomic E-state index is 5.68. The molecule has 1 aliphatic carbocycles. The van der Waals surface area contributed by atoms with Gasteiger partial charge in [-0.2, -0.15) is 0 Å². The number of hydrogen-bond donors (Lipinski definition) is 1. The monoisotopic (exact) mass is 501 g/mol. The van der Waals surface area contributed by atoms with Crippen LogP contribution in [0.2, 0.25) is 0 Å². The average molecular weight is 501 g/mol. The molecule has 1 heterocycles. The van der Waals surface area contributed by atoms with Crippen LogP contribution in [-0.4, -0.2) is 50.3 Å². The van der Waals surface area contributed by atoms with E-state index in [1.54, 1.807) is 0 Å². The first-order valence-corrected chi connectivity index (χ1v) is 10.5. The molecule has 1 aromatic rings. The van der Waals surface area contributed by atoms with E-state index in [9.17, 15) is 0 Å². The molecule has 0 unspecified atom stereocenters. The number of nitrogens with one attached hydrogen (secondary N) is 1. The van der Waals surface area contributed by atoms with Crippen LogP contribution in [0.5, 0.6) is 0 Å². The second-order valence-electron chi connectivity index (χ2n) is 7.76. The topological polar surface area (TPSA) is 46.1 Å². The van der Waals surface area contributed by atoms with Crippen LogP contribution in [0.1, 0.15) is 50.7 Å². The van der Waals surface area contributed by atoms with Crippen molar-refractivity contribution in [3.8, 4) is 0 Å². The van der Waals surface area contributed by atoms with Gasteiger partial charge in [-0.05, 0) is 49.7 Å². The van der Waals surface area contributed by atoms with E-state index in [1.807, 2.05) is 6.92 Å². The Morgan fingerprint density at radius 3 is 2.61 bits per heavy atom. The van der Waals surface area contributed by atoms with Gasteiger partial charge in [0.2, 0.25) is 0 Å². The number of ether oxygens (including phenoxy) is 2. The zero-order valence-electron chi connectivity index (χ0n) is 17.4. The highest BCUT2D eigenvalue weighted by molar-refractivity contribution is 14.0. The summed E-state index contributed by atoms with van der Waals surface area (Å²) in [6, 6.07) is 8.55. The summed E-state index contributed by atoms with van der Waals surface area (Å²) in [7, 11) is 0. The van der Waals surface area contributed by atoms with Crippen LogP contribution in [0.4, 0.5) is 0 Å². The smallest absolute Gasteiger partial charge is 0.194 e. The Hall–Kier alpha value is -0.860. The Balaban J connectivity index is 0.00000280. The van der Waals surface area contributed by atoms with Crippen molar-refractivity contribution in [3.05, 3.63) is 35.4 Å². The van der Waals surface area contributed by atoms with Crippen LogP contribution in [-0.2, 0) is 22.6 Å². The molecule has 5 nitrogen and oxygen atoms in total. The number of likely N-dealkylation sites (tertiary alicyclic amines) is 1. The quantitative estimate of drug-likeness (QED) is 0.239. The summed E-state index contributed by atoms with van der Waals surface area (Å²) < 4.78 is 11.0. The fourth-order valence-corrected chi connectivity index (χ4v) is 4.06. The number of hydrogen-bond acceptors (Lipinski definition) is 3. The third-order valence-electron chi connectivity index (χ3n) is 5.73. The van der Waals surface area contributed by atoms with E-state index in [2.05, 4.69) is 41.4 Å². The molecule has 2 fully saturated rings. The van der Waals surface area contributed by atoms with E-state index in [0.717, 1.165) is 25.7 Å². The molecule has 1 saturated heterocycles. The van der Waals surface area contributed by atoms with E-state index in [0.29, 0.717) is 31.8 Å². The van der Waals surface area contributed by atoms with Crippen molar-refractivity contribution in [2.45, 2.75) is 52.7 Å². The van der Waals surface area contributed by atoms with Crippen molar-refractivity contribution in [1.82, 2.24) is 10.2 Å². The maximum Gasteiger partial charge on any atom is 0.194 e. The number of aliphatic imine (C=N–C) groups is 1. The Morgan fingerprint density at radius 2 is 1.93 bits per heavy atom. The molecule has 0 aromatic heterocycles. The van der Waals surface area contributed by atoms with Gasteiger partial charge in [-0.25, -0.2) is 4.99 Å². The van der Waals surface area contributed by atoms with E-state index in [1.165, 1.54) is 43.4 Å². The van der Waals surface area contributed by atoms with Crippen LogP contribution in [0, 0.1) is 5.41 Å². The first kappa shape index (κ1) is 23.4. The largest absolute Gasteiger partial charge is 0.379 e. The zero-order chi connectivity index (χ0) is 19.0. The van der Waals surface area contributed by atoms with Crippen LogP contribution in [0.25, 0.3) is 0 Å². The summed E-state index contributed by atoms with van der Waals surface area (Å²) in [5.41, 5.74) is 3.02. The molecule has 28 heavy (non-hydrogen) atoms. The van der Waals surface area contributed by atoms with Gasteiger partial charge in [0.1, 0.15) is 0 Å². The van der Waals surface area contributed by atoms with Crippen molar-refractivity contribution < 1.29 is 9.47 Å². The Bertz CT molecular complexity index is 620. The average Bonchev–Trinajstić information content (AvgIpc) is 3.11. The van der Waals surface area contributed by atoms with Crippen LogP contribution in [0.15, 0.2) is 29.3 Å². The fraction of sp³-hybridized carbons (Fsp3) is 0.682. The summed E-state index contributed by atoms with van der Waals surface area (Å²) >= 11 is 0. The Morgan fingerprint density at radius 1 is 1.14 bits per heavy atom. The summed E-state index contributed by atoms with van der Waals surface area (Å²) in [5.74, 6) is 1.07. The molecular formula is C22H36IN3O2. The molecule has 0 radical (unpaired) electrons. The minimum absolute atomic E-state index is 0. The molecular weight excluding hydrogens is 465 g/mol. The lowest BCUT2D eigenvalue weighted by molar-refractivity contribution is 0.0453. The number of halogens is 1. The molecule has 1 aromatic carbocycles. The molecule has 1 N–H and O–H groups in total. The van der Waals surface area contributed by atoms with Crippen LogP contribution in [0.3, 0.4) is 0 Å². The summed E-state index contributed by atoms with van der Waals surface area (Å²) in [6.45, 7) is 10.7. The second kappa shape index (κ2) is 12.0. The molecule has 6 heteroatoms. The van der Waals surface area contributed by atoms with Crippen molar-refractivity contribution in [2.24, 2.45) is 10.4 Å². The maximum atomic E-state index is 5.68. The number of benzene rings is 1. The van der Waals surface area contributed by atoms with Gasteiger partial charge in [0.25, 0.3) is 0 Å². The van der Waals surface area contributed by atoms with Gasteiger partial charge >= 0.3 is 0 Å². The molecule has 2 aliphatic rings. The fourth-order valence-electron chi connectivity index (χ4n) is 4.06. The summed E-state index contributed by atoms with van der Waals surface area (Å²) in [6.07, 6.45) is 5.52. The molecule has 1 aliphatic heterocycles. The van der Waals surface area contributed by atoms with Gasteiger partial charge < -0.3 is 19.7 Å². The minimum atomic E-state index is 0.